The number of likely N-dealkylation sites (tertiary alicyclic amines) is 1. The number of nitrogens with zero attached hydrogens (tertiary/aromatic N) is 2. The lowest BCUT2D eigenvalue weighted by atomic mass is 9.99. The van der Waals surface area contributed by atoms with Gasteiger partial charge in [-0.1, -0.05) is 11.6 Å². The predicted octanol–water partition coefficient (Wildman–Crippen LogP) is 2.00. The van der Waals surface area contributed by atoms with Crippen LogP contribution in [0, 0.1) is 5.92 Å². The summed E-state index contributed by atoms with van der Waals surface area (Å²) >= 11 is 7.32. The minimum atomic E-state index is 0.306. The van der Waals surface area contributed by atoms with Crippen LogP contribution in [0.5, 0.6) is 0 Å². The Hall–Kier alpha value is -0.160. The van der Waals surface area contributed by atoms with Crippen molar-refractivity contribution in [3.8, 4) is 0 Å². The molecular weight excluding hydrogens is 232 g/mol. The number of aliphatic hydroxyl groups is 1. The van der Waals surface area contributed by atoms with Crippen molar-refractivity contribution in [2.75, 3.05) is 19.7 Å². The minimum absolute atomic E-state index is 0.306. The van der Waals surface area contributed by atoms with Crippen LogP contribution in [-0.4, -0.2) is 34.7 Å². The number of thiazole rings is 1. The average molecular weight is 247 g/mol. The molecule has 15 heavy (non-hydrogen) atoms. The van der Waals surface area contributed by atoms with Crippen LogP contribution in [0.1, 0.15) is 17.7 Å². The zero-order valence-corrected chi connectivity index (χ0v) is 10.1. The molecule has 3 nitrogen and oxygen atoms in total. The van der Waals surface area contributed by atoms with Crippen molar-refractivity contribution in [3.63, 3.8) is 0 Å². The SMILES string of the molecule is OCC1CCCN(Cc2cnc(Cl)s2)C1. The van der Waals surface area contributed by atoms with Gasteiger partial charge in [0.2, 0.25) is 0 Å². The van der Waals surface area contributed by atoms with Crippen molar-refractivity contribution in [1.29, 1.82) is 0 Å². The van der Waals surface area contributed by atoms with Gasteiger partial charge in [0.25, 0.3) is 0 Å². The Bertz CT molecular complexity index is 318. The molecule has 2 heterocycles. The second kappa shape index (κ2) is 5.25. The fourth-order valence-corrected chi connectivity index (χ4v) is 3.04. The van der Waals surface area contributed by atoms with Crippen LogP contribution in [0.4, 0.5) is 0 Å². The molecule has 1 aliphatic heterocycles. The highest BCUT2D eigenvalue weighted by molar-refractivity contribution is 7.15. The van der Waals surface area contributed by atoms with Gasteiger partial charge >= 0.3 is 0 Å². The van der Waals surface area contributed by atoms with Crippen LogP contribution in [0.15, 0.2) is 6.20 Å². The van der Waals surface area contributed by atoms with Gasteiger partial charge in [0.1, 0.15) is 0 Å². The van der Waals surface area contributed by atoms with E-state index in [1.54, 1.807) is 11.3 Å². The smallest absolute Gasteiger partial charge is 0.183 e. The van der Waals surface area contributed by atoms with Gasteiger partial charge in [0, 0.05) is 30.8 Å². The first kappa shape index (κ1) is 11.3. The zero-order chi connectivity index (χ0) is 10.7. The number of aliphatic hydroxyl groups excluding tert-OH is 1. The first-order valence-corrected chi connectivity index (χ1v) is 6.41. The molecule has 84 valence electrons. The van der Waals surface area contributed by atoms with E-state index in [4.69, 9.17) is 16.7 Å². The summed E-state index contributed by atoms with van der Waals surface area (Å²) in [5.74, 6) is 0.446. The number of halogens is 1. The van der Waals surface area contributed by atoms with E-state index in [2.05, 4.69) is 9.88 Å². The van der Waals surface area contributed by atoms with Gasteiger partial charge in [0.15, 0.2) is 4.47 Å². The third-order valence-electron chi connectivity index (χ3n) is 2.77. The van der Waals surface area contributed by atoms with Crippen molar-refractivity contribution < 1.29 is 5.11 Å². The molecule has 1 fully saturated rings. The maximum atomic E-state index is 9.12. The lowest BCUT2D eigenvalue weighted by Gasteiger charge is -2.31. The molecule has 1 saturated heterocycles. The van der Waals surface area contributed by atoms with Gasteiger partial charge in [-0.2, -0.15) is 0 Å². The molecular formula is C10H15ClN2OS. The van der Waals surface area contributed by atoms with Crippen LogP contribution < -0.4 is 0 Å². The molecule has 2 rings (SSSR count). The van der Waals surface area contributed by atoms with Crippen molar-refractivity contribution in [1.82, 2.24) is 9.88 Å². The highest BCUT2D eigenvalue weighted by atomic mass is 35.5. The molecule has 0 spiro atoms. The summed E-state index contributed by atoms with van der Waals surface area (Å²) in [5.41, 5.74) is 0. The highest BCUT2D eigenvalue weighted by Crippen LogP contribution is 2.22. The van der Waals surface area contributed by atoms with Crippen LogP contribution >= 0.6 is 22.9 Å². The molecule has 0 bridgehead atoms. The van der Waals surface area contributed by atoms with E-state index in [9.17, 15) is 0 Å². The molecule has 1 aromatic rings. The van der Waals surface area contributed by atoms with Gasteiger partial charge in [-0.3, -0.25) is 4.90 Å². The first-order valence-electron chi connectivity index (χ1n) is 5.21. The fourth-order valence-electron chi connectivity index (χ4n) is 2.02. The Kier molecular flexibility index (Phi) is 3.97. The maximum absolute atomic E-state index is 9.12. The van der Waals surface area contributed by atoms with Gasteiger partial charge in [-0.25, -0.2) is 4.98 Å². The predicted molar refractivity (Wildman–Crippen MR) is 62.2 cm³/mol. The van der Waals surface area contributed by atoms with Crippen LogP contribution in [0.2, 0.25) is 4.47 Å². The Labute approximate surface area is 98.7 Å². The second-order valence-corrected chi connectivity index (χ2v) is 5.70. The summed E-state index contributed by atoms with van der Waals surface area (Å²) < 4.78 is 0.612. The van der Waals surface area contributed by atoms with E-state index in [-0.39, 0.29) is 0 Å². The summed E-state index contributed by atoms with van der Waals surface area (Å²) in [6.07, 6.45) is 4.17. The standard InChI is InChI=1S/C10H15ClN2OS/c11-10-12-4-9(15-10)6-13-3-1-2-8(5-13)7-14/h4,8,14H,1-3,5-7H2. The Morgan fingerprint density at radius 2 is 2.53 bits per heavy atom. The molecule has 0 aliphatic carbocycles. The Morgan fingerprint density at radius 1 is 1.67 bits per heavy atom. The van der Waals surface area contributed by atoms with Crippen LogP contribution in [0.25, 0.3) is 0 Å². The van der Waals surface area contributed by atoms with E-state index in [1.807, 2.05) is 6.20 Å². The van der Waals surface area contributed by atoms with Gasteiger partial charge in [-0.15, -0.1) is 11.3 Å². The molecule has 0 saturated carbocycles. The molecule has 1 aliphatic rings. The number of rotatable bonds is 3. The van der Waals surface area contributed by atoms with Gasteiger partial charge in [0.05, 0.1) is 0 Å². The Morgan fingerprint density at radius 3 is 3.20 bits per heavy atom. The third kappa shape index (κ3) is 3.14. The molecule has 1 aromatic heterocycles. The van der Waals surface area contributed by atoms with Crippen LogP contribution in [0.3, 0.4) is 0 Å². The molecule has 0 aromatic carbocycles. The van der Waals surface area contributed by atoms with Gasteiger partial charge in [-0.05, 0) is 25.3 Å². The van der Waals surface area contributed by atoms with E-state index < -0.39 is 0 Å². The van der Waals surface area contributed by atoms with Crippen molar-refractivity contribution >= 4 is 22.9 Å². The monoisotopic (exact) mass is 246 g/mol. The lowest BCUT2D eigenvalue weighted by molar-refractivity contribution is 0.116. The average Bonchev–Trinajstić information content (AvgIpc) is 2.64. The molecule has 1 unspecified atom stereocenters. The van der Waals surface area contributed by atoms with E-state index in [1.165, 1.54) is 11.3 Å². The highest BCUT2D eigenvalue weighted by Gasteiger charge is 2.19. The van der Waals surface area contributed by atoms with E-state index in [0.717, 1.165) is 26.1 Å². The van der Waals surface area contributed by atoms with Crippen molar-refractivity contribution in [3.05, 3.63) is 15.5 Å². The number of hydrogen-bond donors (Lipinski definition) is 1. The van der Waals surface area contributed by atoms with Crippen LogP contribution in [-0.2, 0) is 6.54 Å². The molecule has 1 N–H and O–H groups in total. The van der Waals surface area contributed by atoms with Crippen molar-refractivity contribution in [2.24, 2.45) is 5.92 Å². The van der Waals surface area contributed by atoms with Crippen molar-refractivity contribution in [2.45, 2.75) is 19.4 Å². The molecule has 1 atom stereocenters. The summed E-state index contributed by atoms with van der Waals surface area (Å²) in [4.78, 5) is 7.61. The zero-order valence-electron chi connectivity index (χ0n) is 8.53. The number of piperidine rings is 1. The molecule has 5 heteroatoms. The summed E-state index contributed by atoms with van der Waals surface area (Å²) in [6, 6.07) is 0. The summed E-state index contributed by atoms with van der Waals surface area (Å²) in [5, 5.41) is 9.12. The molecule has 0 radical (unpaired) electrons. The third-order valence-corrected chi connectivity index (χ3v) is 3.87. The number of aromatic nitrogens is 1. The van der Waals surface area contributed by atoms with E-state index >= 15 is 0 Å². The summed E-state index contributed by atoms with van der Waals surface area (Å²) in [6.45, 7) is 3.33. The summed E-state index contributed by atoms with van der Waals surface area (Å²) in [7, 11) is 0. The van der Waals surface area contributed by atoms with E-state index in [0.29, 0.717) is 17.0 Å². The second-order valence-electron chi connectivity index (χ2n) is 4.01. The normalized spacial score (nSPS) is 23.2. The topological polar surface area (TPSA) is 36.4 Å². The molecule has 0 amide bonds. The lowest BCUT2D eigenvalue weighted by Crippen LogP contribution is -2.36. The quantitative estimate of drug-likeness (QED) is 0.886. The first-order chi connectivity index (χ1) is 7.28. The maximum Gasteiger partial charge on any atom is 0.183 e. The largest absolute Gasteiger partial charge is 0.396 e. The van der Waals surface area contributed by atoms with Gasteiger partial charge < -0.3 is 5.11 Å². The Balaban J connectivity index is 1.88. The fraction of sp³-hybridized carbons (Fsp3) is 0.700. The number of hydrogen-bond acceptors (Lipinski definition) is 4. The minimum Gasteiger partial charge on any atom is -0.396 e.